The normalized spacial score (nSPS) is 9.32. The number of nitrogens with one attached hydrogen (secondary N) is 1. The molecule has 0 aromatic carbocycles. The number of amides is 2. The predicted octanol–water partition coefficient (Wildman–Crippen LogP) is 0.759. The van der Waals surface area contributed by atoms with Crippen molar-refractivity contribution in [2.24, 2.45) is 5.73 Å². The lowest BCUT2D eigenvalue weighted by molar-refractivity contribution is -0.132. The van der Waals surface area contributed by atoms with Crippen molar-refractivity contribution >= 4 is 35.6 Å². The van der Waals surface area contributed by atoms with Gasteiger partial charge in [0.1, 0.15) is 0 Å². The zero-order chi connectivity index (χ0) is 13.4. The second-order valence-corrected chi connectivity index (χ2v) is 4.66. The first kappa shape index (κ1) is 17.6. The number of hydrogen-bond acceptors (Lipinski definition) is 4. The van der Waals surface area contributed by atoms with Crippen LogP contribution >= 0.6 is 23.7 Å². The quantitative estimate of drug-likeness (QED) is 0.730. The van der Waals surface area contributed by atoms with Gasteiger partial charge in [-0.25, -0.2) is 0 Å². The summed E-state index contributed by atoms with van der Waals surface area (Å²) in [5.74, 6) is -0.483. The largest absolute Gasteiger partial charge is 0.346 e. The fourth-order valence-electron chi connectivity index (χ4n) is 1.36. The van der Waals surface area contributed by atoms with E-state index < -0.39 is 0 Å². The lowest BCUT2D eigenvalue weighted by Gasteiger charge is -2.20. The van der Waals surface area contributed by atoms with Crippen LogP contribution < -0.4 is 11.1 Å². The number of rotatable bonds is 7. The molecule has 1 aromatic heterocycles. The van der Waals surface area contributed by atoms with E-state index in [1.807, 2.05) is 17.5 Å². The van der Waals surface area contributed by atoms with E-state index in [2.05, 4.69) is 11.9 Å². The molecule has 1 heterocycles. The van der Waals surface area contributed by atoms with Crippen LogP contribution in [0.1, 0.15) is 4.88 Å². The molecule has 0 aliphatic heterocycles. The van der Waals surface area contributed by atoms with Gasteiger partial charge in [0, 0.05) is 11.4 Å². The molecule has 7 heteroatoms. The van der Waals surface area contributed by atoms with Crippen LogP contribution in [0.25, 0.3) is 0 Å². The second-order valence-electron chi connectivity index (χ2n) is 3.62. The van der Waals surface area contributed by atoms with Gasteiger partial charge in [-0.1, -0.05) is 12.1 Å². The Kier molecular flexibility index (Phi) is 8.86. The minimum atomic E-state index is -0.335. The molecule has 0 spiro atoms. The van der Waals surface area contributed by atoms with E-state index in [0.717, 1.165) is 4.88 Å². The van der Waals surface area contributed by atoms with Crippen molar-refractivity contribution in [3.05, 3.63) is 35.0 Å². The summed E-state index contributed by atoms with van der Waals surface area (Å²) in [6.07, 6.45) is 1.66. The van der Waals surface area contributed by atoms with Crippen molar-refractivity contribution in [3.8, 4) is 0 Å². The Morgan fingerprint density at radius 3 is 2.79 bits per heavy atom. The smallest absolute Gasteiger partial charge is 0.242 e. The van der Waals surface area contributed by atoms with E-state index in [9.17, 15) is 9.59 Å². The molecule has 0 aliphatic carbocycles. The standard InChI is InChI=1S/C12H17N3O2S.ClH/c1-2-5-15(9-10-4-3-6-18-10)12(17)8-14-11(16)7-13;/h2-4,6H,1,5,7-9,13H2,(H,14,16);1H. The van der Waals surface area contributed by atoms with Gasteiger partial charge in [0.15, 0.2) is 0 Å². The molecular weight excluding hydrogens is 286 g/mol. The van der Waals surface area contributed by atoms with Gasteiger partial charge in [0.25, 0.3) is 0 Å². The van der Waals surface area contributed by atoms with Crippen LogP contribution in [0.2, 0.25) is 0 Å². The fourth-order valence-corrected chi connectivity index (χ4v) is 2.08. The van der Waals surface area contributed by atoms with E-state index >= 15 is 0 Å². The highest BCUT2D eigenvalue weighted by Gasteiger charge is 2.13. The maximum absolute atomic E-state index is 11.9. The molecule has 0 fully saturated rings. The van der Waals surface area contributed by atoms with Gasteiger partial charge in [-0.3, -0.25) is 9.59 Å². The van der Waals surface area contributed by atoms with Crippen LogP contribution in [0.3, 0.4) is 0 Å². The number of nitrogens with zero attached hydrogens (tertiary/aromatic N) is 1. The van der Waals surface area contributed by atoms with Crippen LogP contribution in [0.4, 0.5) is 0 Å². The monoisotopic (exact) mass is 303 g/mol. The molecule has 0 radical (unpaired) electrons. The average Bonchev–Trinajstić information content (AvgIpc) is 2.87. The van der Waals surface area contributed by atoms with Crippen LogP contribution in [-0.4, -0.2) is 36.3 Å². The molecule has 0 unspecified atom stereocenters. The van der Waals surface area contributed by atoms with Crippen molar-refractivity contribution in [1.29, 1.82) is 0 Å². The molecular formula is C12H18ClN3O2S. The molecule has 0 atom stereocenters. The minimum Gasteiger partial charge on any atom is -0.346 e. The zero-order valence-electron chi connectivity index (χ0n) is 10.5. The van der Waals surface area contributed by atoms with Crippen molar-refractivity contribution < 1.29 is 9.59 Å². The maximum Gasteiger partial charge on any atom is 0.242 e. The second kappa shape index (κ2) is 9.55. The lowest BCUT2D eigenvalue weighted by Crippen LogP contribution is -2.41. The summed E-state index contributed by atoms with van der Waals surface area (Å²) in [7, 11) is 0. The zero-order valence-corrected chi connectivity index (χ0v) is 12.1. The number of carbonyl (C=O) groups is 2. The Hall–Kier alpha value is -1.37. The molecule has 3 N–H and O–H groups in total. The van der Waals surface area contributed by atoms with Gasteiger partial charge in [0.2, 0.25) is 11.8 Å². The highest BCUT2D eigenvalue weighted by atomic mass is 35.5. The summed E-state index contributed by atoms with van der Waals surface area (Å²) in [5.41, 5.74) is 5.15. The summed E-state index contributed by atoms with van der Waals surface area (Å²) < 4.78 is 0. The maximum atomic E-state index is 11.9. The fraction of sp³-hybridized carbons (Fsp3) is 0.333. The van der Waals surface area contributed by atoms with Crippen LogP contribution in [0.15, 0.2) is 30.2 Å². The SMILES string of the molecule is C=CCN(Cc1cccs1)C(=O)CNC(=O)CN.Cl. The Morgan fingerprint density at radius 2 is 2.26 bits per heavy atom. The van der Waals surface area contributed by atoms with Gasteiger partial charge in [-0.05, 0) is 11.4 Å². The molecule has 0 saturated carbocycles. The third-order valence-corrected chi connectivity index (χ3v) is 3.11. The number of hydrogen-bond donors (Lipinski definition) is 2. The molecule has 19 heavy (non-hydrogen) atoms. The summed E-state index contributed by atoms with van der Waals surface area (Å²) in [6, 6.07) is 3.90. The Labute approximate surface area is 122 Å². The lowest BCUT2D eigenvalue weighted by atomic mass is 10.3. The first-order valence-corrected chi connectivity index (χ1v) is 6.43. The number of halogens is 1. The summed E-state index contributed by atoms with van der Waals surface area (Å²) in [4.78, 5) is 25.6. The first-order chi connectivity index (χ1) is 8.67. The van der Waals surface area contributed by atoms with Gasteiger partial charge in [-0.2, -0.15) is 0 Å². The van der Waals surface area contributed by atoms with E-state index in [1.165, 1.54) is 0 Å². The van der Waals surface area contributed by atoms with Gasteiger partial charge >= 0.3 is 0 Å². The number of carbonyl (C=O) groups excluding carboxylic acids is 2. The van der Waals surface area contributed by atoms with Crippen molar-refractivity contribution in [3.63, 3.8) is 0 Å². The molecule has 1 rings (SSSR count). The molecule has 2 amide bonds. The van der Waals surface area contributed by atoms with Gasteiger partial charge in [0.05, 0.1) is 19.6 Å². The van der Waals surface area contributed by atoms with Gasteiger partial charge < -0.3 is 16.0 Å². The topological polar surface area (TPSA) is 75.4 Å². The molecule has 106 valence electrons. The Balaban J connectivity index is 0.00000324. The summed E-state index contributed by atoms with van der Waals surface area (Å²) >= 11 is 1.59. The van der Waals surface area contributed by atoms with Crippen LogP contribution in [0, 0.1) is 0 Å². The van der Waals surface area contributed by atoms with Crippen molar-refractivity contribution in [2.75, 3.05) is 19.6 Å². The Bertz CT molecular complexity index is 409. The van der Waals surface area contributed by atoms with Crippen LogP contribution in [-0.2, 0) is 16.1 Å². The molecule has 0 saturated heterocycles. The molecule has 0 aliphatic rings. The average molecular weight is 304 g/mol. The highest BCUT2D eigenvalue weighted by molar-refractivity contribution is 7.09. The predicted molar refractivity (Wildman–Crippen MR) is 79.2 cm³/mol. The summed E-state index contributed by atoms with van der Waals surface area (Å²) in [6.45, 7) is 4.46. The minimum absolute atomic E-state index is 0. The Morgan fingerprint density at radius 1 is 1.53 bits per heavy atom. The third kappa shape index (κ3) is 6.37. The third-order valence-electron chi connectivity index (χ3n) is 2.25. The van der Waals surface area contributed by atoms with E-state index in [4.69, 9.17) is 5.73 Å². The molecule has 1 aromatic rings. The first-order valence-electron chi connectivity index (χ1n) is 5.55. The number of thiophene rings is 1. The van der Waals surface area contributed by atoms with E-state index in [1.54, 1.807) is 22.3 Å². The highest BCUT2D eigenvalue weighted by Crippen LogP contribution is 2.11. The van der Waals surface area contributed by atoms with Crippen LogP contribution in [0.5, 0.6) is 0 Å². The summed E-state index contributed by atoms with van der Waals surface area (Å²) in [5, 5.41) is 4.42. The van der Waals surface area contributed by atoms with Crippen molar-refractivity contribution in [2.45, 2.75) is 6.54 Å². The van der Waals surface area contributed by atoms with Crippen molar-refractivity contribution in [1.82, 2.24) is 10.2 Å². The van der Waals surface area contributed by atoms with Gasteiger partial charge in [-0.15, -0.1) is 30.3 Å². The molecule has 5 nitrogen and oxygen atoms in total. The molecule has 0 bridgehead atoms. The number of nitrogens with two attached hydrogens (primary N) is 1. The van der Waals surface area contributed by atoms with E-state index in [0.29, 0.717) is 13.1 Å². The van der Waals surface area contributed by atoms with E-state index in [-0.39, 0.29) is 37.3 Å².